The van der Waals surface area contributed by atoms with Gasteiger partial charge in [0.05, 0.1) is 18.1 Å². The number of ketones is 1. The van der Waals surface area contributed by atoms with Crippen molar-refractivity contribution in [1.82, 2.24) is 0 Å². The standard InChI is InChI=1S/C19H28O5/c1-9(2)8-23-13-7-19(5)14(21)6-12(20)10(3)16(19)17-15(13)11(4)18(22)24-17/h9-10,13-17,21H,4,6-8H2,1-3,5H3. The van der Waals surface area contributed by atoms with Crippen molar-refractivity contribution in [2.45, 2.75) is 58.8 Å². The van der Waals surface area contributed by atoms with Crippen molar-refractivity contribution >= 4 is 11.8 Å². The van der Waals surface area contributed by atoms with Crippen LogP contribution < -0.4 is 0 Å². The molecule has 1 saturated heterocycles. The minimum atomic E-state index is -0.732. The summed E-state index contributed by atoms with van der Waals surface area (Å²) in [7, 11) is 0. The SMILES string of the molecule is C=C1C(=O)OC2C1C(OCC(C)C)CC1(C)C(O)CC(=O)C(C)C21. The van der Waals surface area contributed by atoms with E-state index in [-0.39, 0.29) is 36.1 Å². The maximum absolute atomic E-state index is 12.3. The van der Waals surface area contributed by atoms with Gasteiger partial charge in [0.25, 0.3) is 0 Å². The number of aliphatic hydroxyl groups excluding tert-OH is 1. The fourth-order valence-corrected chi connectivity index (χ4v) is 4.91. The van der Waals surface area contributed by atoms with Crippen LogP contribution in [0.3, 0.4) is 0 Å². The van der Waals surface area contributed by atoms with Gasteiger partial charge in [-0.2, -0.15) is 0 Å². The molecule has 134 valence electrons. The van der Waals surface area contributed by atoms with Crippen molar-refractivity contribution in [3.8, 4) is 0 Å². The Morgan fingerprint density at radius 2 is 2.08 bits per heavy atom. The number of hydrogen-bond donors (Lipinski definition) is 1. The summed E-state index contributed by atoms with van der Waals surface area (Å²) in [5.41, 5.74) is -0.0587. The Morgan fingerprint density at radius 1 is 1.42 bits per heavy atom. The minimum Gasteiger partial charge on any atom is -0.458 e. The van der Waals surface area contributed by atoms with Gasteiger partial charge in [-0.25, -0.2) is 4.79 Å². The van der Waals surface area contributed by atoms with Crippen LogP contribution in [0.15, 0.2) is 12.2 Å². The first kappa shape index (κ1) is 17.6. The highest BCUT2D eigenvalue weighted by atomic mass is 16.6. The smallest absolute Gasteiger partial charge is 0.334 e. The molecule has 7 unspecified atom stereocenters. The molecule has 0 aromatic rings. The number of fused-ring (bicyclic) bond motifs is 3. The summed E-state index contributed by atoms with van der Waals surface area (Å²) < 4.78 is 11.7. The number of ether oxygens (including phenoxy) is 2. The molecular weight excluding hydrogens is 308 g/mol. The number of aliphatic hydroxyl groups is 1. The topological polar surface area (TPSA) is 72.8 Å². The lowest BCUT2D eigenvalue weighted by atomic mass is 9.51. The molecule has 0 amide bonds. The maximum Gasteiger partial charge on any atom is 0.334 e. The van der Waals surface area contributed by atoms with E-state index in [1.54, 1.807) is 0 Å². The third-order valence-corrected chi connectivity index (χ3v) is 6.26. The summed E-state index contributed by atoms with van der Waals surface area (Å²) in [5.74, 6) is -0.644. The molecule has 0 aromatic carbocycles. The van der Waals surface area contributed by atoms with Gasteiger partial charge in [0, 0.05) is 35.9 Å². The molecule has 7 atom stereocenters. The molecule has 1 N–H and O–H groups in total. The number of carbonyl (C=O) groups excluding carboxylic acids is 2. The highest BCUT2D eigenvalue weighted by molar-refractivity contribution is 5.91. The van der Waals surface area contributed by atoms with Crippen molar-refractivity contribution in [2.75, 3.05) is 6.61 Å². The van der Waals surface area contributed by atoms with Gasteiger partial charge in [-0.3, -0.25) is 4.79 Å². The Labute approximate surface area is 143 Å². The van der Waals surface area contributed by atoms with Gasteiger partial charge < -0.3 is 14.6 Å². The lowest BCUT2D eigenvalue weighted by molar-refractivity contribution is -0.194. The van der Waals surface area contributed by atoms with Gasteiger partial charge in [0.2, 0.25) is 0 Å². The van der Waals surface area contributed by atoms with E-state index in [9.17, 15) is 14.7 Å². The van der Waals surface area contributed by atoms with E-state index in [4.69, 9.17) is 9.47 Å². The Bertz CT molecular complexity index is 568. The molecule has 2 aliphatic carbocycles. The average molecular weight is 336 g/mol. The molecule has 3 aliphatic rings. The third kappa shape index (κ3) is 2.53. The fraction of sp³-hybridized carbons (Fsp3) is 0.789. The van der Waals surface area contributed by atoms with Crippen LogP contribution in [-0.2, 0) is 19.1 Å². The van der Waals surface area contributed by atoms with Crippen molar-refractivity contribution in [3.05, 3.63) is 12.2 Å². The second-order valence-electron chi connectivity index (χ2n) is 8.40. The average Bonchev–Trinajstić information content (AvgIpc) is 2.78. The Kier molecular flexibility index (Phi) is 4.37. The molecule has 3 rings (SSSR count). The number of carbonyl (C=O) groups is 2. The largest absolute Gasteiger partial charge is 0.458 e. The van der Waals surface area contributed by atoms with Gasteiger partial charge in [0.15, 0.2) is 0 Å². The van der Waals surface area contributed by atoms with E-state index in [2.05, 4.69) is 20.4 Å². The molecule has 5 nitrogen and oxygen atoms in total. The van der Waals surface area contributed by atoms with E-state index in [0.717, 1.165) is 0 Å². The zero-order valence-corrected chi connectivity index (χ0v) is 15.0. The summed E-state index contributed by atoms with van der Waals surface area (Å²) in [6.45, 7) is 12.5. The van der Waals surface area contributed by atoms with Crippen LogP contribution in [0.5, 0.6) is 0 Å². The second-order valence-corrected chi connectivity index (χ2v) is 8.40. The van der Waals surface area contributed by atoms with Crippen LogP contribution in [0.2, 0.25) is 0 Å². The van der Waals surface area contributed by atoms with Crippen molar-refractivity contribution < 1.29 is 24.2 Å². The highest BCUT2D eigenvalue weighted by Gasteiger charge is 2.63. The van der Waals surface area contributed by atoms with E-state index >= 15 is 0 Å². The minimum absolute atomic E-state index is 0.0406. The molecule has 0 aromatic heterocycles. The van der Waals surface area contributed by atoms with Crippen LogP contribution in [0.25, 0.3) is 0 Å². The lowest BCUT2D eigenvalue weighted by Crippen LogP contribution is -2.61. The van der Waals surface area contributed by atoms with Gasteiger partial charge in [-0.05, 0) is 12.3 Å². The number of hydrogen-bond acceptors (Lipinski definition) is 5. The summed E-state index contributed by atoms with van der Waals surface area (Å²) in [5, 5.41) is 10.7. The molecule has 1 aliphatic heterocycles. The normalized spacial score (nSPS) is 45.2. The summed E-state index contributed by atoms with van der Waals surface area (Å²) in [4.78, 5) is 24.4. The predicted molar refractivity (Wildman–Crippen MR) is 88.1 cm³/mol. The number of rotatable bonds is 3. The van der Waals surface area contributed by atoms with Gasteiger partial charge >= 0.3 is 5.97 Å². The first-order chi connectivity index (χ1) is 11.2. The third-order valence-electron chi connectivity index (χ3n) is 6.26. The maximum atomic E-state index is 12.3. The van der Waals surface area contributed by atoms with Gasteiger partial charge in [0.1, 0.15) is 11.9 Å². The van der Waals surface area contributed by atoms with E-state index in [0.29, 0.717) is 24.5 Å². The summed E-state index contributed by atoms with van der Waals surface area (Å²) in [6, 6.07) is 0. The quantitative estimate of drug-likeness (QED) is 0.631. The predicted octanol–water partition coefficient (Wildman–Crippen LogP) is 2.12. The second kappa shape index (κ2) is 5.95. The molecule has 5 heteroatoms. The van der Waals surface area contributed by atoms with E-state index in [1.165, 1.54) is 0 Å². The fourth-order valence-electron chi connectivity index (χ4n) is 4.91. The van der Waals surface area contributed by atoms with E-state index in [1.807, 2.05) is 13.8 Å². The van der Waals surface area contributed by atoms with Crippen molar-refractivity contribution in [2.24, 2.45) is 29.1 Å². The number of esters is 1. The zero-order valence-electron chi connectivity index (χ0n) is 15.0. The summed E-state index contributed by atoms with van der Waals surface area (Å²) in [6.07, 6.45) is -0.607. The molecule has 0 radical (unpaired) electrons. The molecule has 0 bridgehead atoms. The molecule has 2 saturated carbocycles. The summed E-state index contributed by atoms with van der Waals surface area (Å²) >= 11 is 0. The molecule has 24 heavy (non-hydrogen) atoms. The molecule has 1 heterocycles. The van der Waals surface area contributed by atoms with Crippen molar-refractivity contribution in [1.29, 1.82) is 0 Å². The van der Waals surface area contributed by atoms with Gasteiger partial charge in [-0.15, -0.1) is 0 Å². The molecule has 0 spiro atoms. The van der Waals surface area contributed by atoms with Crippen LogP contribution >= 0.6 is 0 Å². The van der Waals surface area contributed by atoms with Crippen LogP contribution in [0.4, 0.5) is 0 Å². The van der Waals surface area contributed by atoms with E-state index < -0.39 is 23.6 Å². The zero-order chi connectivity index (χ0) is 17.8. The van der Waals surface area contributed by atoms with Crippen LogP contribution in [0, 0.1) is 29.1 Å². The molecule has 3 fully saturated rings. The van der Waals surface area contributed by atoms with Crippen LogP contribution in [0.1, 0.15) is 40.5 Å². The van der Waals surface area contributed by atoms with Crippen molar-refractivity contribution in [3.63, 3.8) is 0 Å². The van der Waals surface area contributed by atoms with Crippen LogP contribution in [-0.4, -0.2) is 41.8 Å². The monoisotopic (exact) mass is 336 g/mol. The lowest BCUT2D eigenvalue weighted by Gasteiger charge is -2.55. The molecular formula is C19H28O5. The van der Waals surface area contributed by atoms with Gasteiger partial charge in [-0.1, -0.05) is 34.3 Å². The first-order valence-electron chi connectivity index (χ1n) is 8.89. The Hall–Kier alpha value is -1.20. The highest BCUT2D eigenvalue weighted by Crippen LogP contribution is 2.57. The first-order valence-corrected chi connectivity index (χ1v) is 8.89. The number of Topliss-reactive ketones (excluding diaryl/α,β-unsaturated/α-hetero) is 1. The Balaban J connectivity index is 1.98. The Morgan fingerprint density at radius 3 is 2.71 bits per heavy atom.